The van der Waals surface area contributed by atoms with Gasteiger partial charge in [-0.25, -0.2) is 0 Å². The SMILES string of the molecule is Cc1ccccc1N1CCN(c2ccc(C(=O)NCCCN3C(=O)[C@H]4C[C@@H]3C(=O)C4=O)cc2NC(=O)c2ccco2)CC1. The molecule has 2 atom stereocenters. The van der Waals surface area contributed by atoms with Gasteiger partial charge in [-0.2, -0.15) is 0 Å². The quantitative estimate of drug-likeness (QED) is 0.223. The molecule has 3 fully saturated rings. The number of fused-ring (bicyclic) bond motifs is 2. The lowest BCUT2D eigenvalue weighted by Gasteiger charge is -2.38. The Bertz CT molecular complexity index is 1580. The molecule has 3 aromatic rings. The zero-order valence-electron chi connectivity index (χ0n) is 23.9. The number of carbonyl (C=O) groups excluding carboxylic acids is 5. The predicted molar refractivity (Wildman–Crippen MR) is 159 cm³/mol. The first-order valence-corrected chi connectivity index (χ1v) is 14.5. The third-order valence-electron chi connectivity index (χ3n) is 8.47. The topological polar surface area (TPSA) is 132 Å². The van der Waals surface area contributed by atoms with E-state index in [0.29, 0.717) is 17.7 Å². The number of nitrogens with zero attached hydrogens (tertiary/aromatic N) is 3. The van der Waals surface area contributed by atoms with Crippen molar-refractivity contribution in [1.82, 2.24) is 10.2 Å². The molecule has 6 rings (SSSR count). The number of rotatable bonds is 9. The Kier molecular flexibility index (Phi) is 7.71. The third-order valence-corrected chi connectivity index (χ3v) is 8.47. The minimum atomic E-state index is -0.828. The highest BCUT2D eigenvalue weighted by Gasteiger charge is 2.55. The first kappa shape index (κ1) is 28.2. The maximum atomic E-state index is 13.1. The molecule has 2 saturated heterocycles. The Balaban J connectivity index is 1.11. The molecule has 0 radical (unpaired) electrons. The number of hydrogen-bond donors (Lipinski definition) is 2. The highest BCUT2D eigenvalue weighted by molar-refractivity contribution is 6.47. The van der Waals surface area contributed by atoms with Crippen molar-refractivity contribution < 1.29 is 28.4 Å². The van der Waals surface area contributed by atoms with Crippen molar-refractivity contribution in [1.29, 1.82) is 0 Å². The van der Waals surface area contributed by atoms with Crippen LogP contribution in [-0.4, -0.2) is 79.5 Å². The van der Waals surface area contributed by atoms with E-state index in [9.17, 15) is 24.0 Å². The van der Waals surface area contributed by atoms with Crippen molar-refractivity contribution in [3.8, 4) is 0 Å². The lowest BCUT2D eigenvalue weighted by molar-refractivity contribution is -0.149. The van der Waals surface area contributed by atoms with Gasteiger partial charge in [0.15, 0.2) is 5.76 Å². The number of aryl methyl sites for hydroxylation is 1. The average Bonchev–Trinajstić information content (AvgIpc) is 3.74. The van der Waals surface area contributed by atoms with Gasteiger partial charge < -0.3 is 29.8 Å². The molecule has 0 spiro atoms. The first-order valence-electron chi connectivity index (χ1n) is 14.5. The molecule has 222 valence electrons. The second-order valence-corrected chi connectivity index (χ2v) is 11.1. The van der Waals surface area contributed by atoms with Crippen LogP contribution in [0.15, 0.2) is 65.3 Å². The average molecular weight is 584 g/mol. The number of amides is 3. The Labute approximate surface area is 248 Å². The number of piperazine rings is 1. The van der Waals surface area contributed by atoms with Crippen LogP contribution < -0.4 is 20.4 Å². The van der Waals surface area contributed by atoms with Crippen LogP contribution in [0.4, 0.5) is 17.1 Å². The molecule has 1 aliphatic carbocycles. The van der Waals surface area contributed by atoms with Gasteiger partial charge in [0.05, 0.1) is 23.7 Å². The number of anilines is 3. The van der Waals surface area contributed by atoms with Crippen molar-refractivity contribution >= 4 is 46.4 Å². The van der Waals surface area contributed by atoms with Gasteiger partial charge in [0, 0.05) is 50.5 Å². The van der Waals surface area contributed by atoms with E-state index >= 15 is 0 Å². The van der Waals surface area contributed by atoms with E-state index in [-0.39, 0.29) is 37.1 Å². The maximum absolute atomic E-state index is 13.1. The minimum absolute atomic E-state index is 0.163. The Morgan fingerprint density at radius 3 is 2.33 bits per heavy atom. The Hall–Kier alpha value is -4.93. The number of hydrogen-bond acceptors (Lipinski definition) is 8. The van der Waals surface area contributed by atoms with Crippen LogP contribution in [0.2, 0.25) is 0 Å². The monoisotopic (exact) mass is 583 g/mol. The molecular formula is C32H33N5O6. The molecule has 3 amide bonds. The molecule has 11 nitrogen and oxygen atoms in total. The van der Waals surface area contributed by atoms with Gasteiger partial charge in [0.2, 0.25) is 17.5 Å². The summed E-state index contributed by atoms with van der Waals surface area (Å²) < 4.78 is 5.27. The predicted octanol–water partition coefficient (Wildman–Crippen LogP) is 2.66. The highest BCUT2D eigenvalue weighted by Crippen LogP contribution is 2.34. The van der Waals surface area contributed by atoms with Crippen LogP contribution in [0.5, 0.6) is 0 Å². The van der Waals surface area contributed by atoms with Crippen molar-refractivity contribution in [3.63, 3.8) is 0 Å². The normalized spacial score (nSPS) is 19.7. The fraction of sp³-hybridized carbons (Fsp3) is 0.344. The van der Waals surface area contributed by atoms with Gasteiger partial charge in [-0.05, 0) is 61.7 Å². The largest absolute Gasteiger partial charge is 0.459 e. The minimum Gasteiger partial charge on any atom is -0.459 e. The summed E-state index contributed by atoms with van der Waals surface area (Å²) in [5.41, 5.74) is 4.11. The number of benzene rings is 2. The first-order chi connectivity index (χ1) is 20.8. The summed E-state index contributed by atoms with van der Waals surface area (Å²) in [6.45, 7) is 5.74. The molecule has 2 bridgehead atoms. The maximum Gasteiger partial charge on any atom is 0.291 e. The zero-order chi connectivity index (χ0) is 30.1. The molecule has 2 aromatic carbocycles. The third kappa shape index (κ3) is 5.50. The standard InChI is InChI=1S/C32H33N5O6/c1-20-6-2-3-7-24(20)35-13-15-36(16-14-35)25-10-9-21(18-23(25)34-31(41)27-8-4-17-43-27)30(40)33-11-5-12-37-26-19-22(32(37)42)28(38)29(26)39/h2-4,6-10,17-18,22,26H,5,11-16,19H2,1H3,(H,33,40)(H,34,41)/t22-,26+/m0/s1. The van der Waals surface area contributed by atoms with Gasteiger partial charge in [-0.3, -0.25) is 24.0 Å². The van der Waals surface area contributed by atoms with E-state index in [0.717, 1.165) is 31.9 Å². The van der Waals surface area contributed by atoms with Crippen molar-refractivity contribution in [3.05, 3.63) is 77.7 Å². The van der Waals surface area contributed by atoms with Crippen molar-refractivity contribution in [2.45, 2.75) is 25.8 Å². The molecule has 1 aromatic heterocycles. The van der Waals surface area contributed by atoms with Crippen LogP contribution in [0, 0.1) is 12.8 Å². The highest BCUT2D eigenvalue weighted by atomic mass is 16.3. The summed E-state index contributed by atoms with van der Waals surface area (Å²) in [4.78, 5) is 68.2. The molecule has 3 heterocycles. The molecule has 0 unspecified atom stereocenters. The van der Waals surface area contributed by atoms with Gasteiger partial charge >= 0.3 is 0 Å². The number of Topliss-reactive ketones (excluding diaryl/α,β-unsaturated/α-hetero) is 2. The van der Waals surface area contributed by atoms with Crippen molar-refractivity contribution in [2.75, 3.05) is 54.4 Å². The van der Waals surface area contributed by atoms with E-state index in [4.69, 9.17) is 4.42 Å². The summed E-state index contributed by atoms with van der Waals surface area (Å²) in [5, 5.41) is 5.78. The second kappa shape index (κ2) is 11.7. The van der Waals surface area contributed by atoms with E-state index in [2.05, 4.69) is 39.5 Å². The van der Waals surface area contributed by atoms with E-state index < -0.39 is 29.4 Å². The zero-order valence-corrected chi connectivity index (χ0v) is 23.9. The van der Waals surface area contributed by atoms with E-state index in [1.54, 1.807) is 24.3 Å². The van der Waals surface area contributed by atoms with Crippen LogP contribution in [-0.2, 0) is 14.4 Å². The number of nitrogens with one attached hydrogen (secondary N) is 2. The van der Waals surface area contributed by atoms with E-state index in [1.807, 2.05) is 18.2 Å². The smallest absolute Gasteiger partial charge is 0.291 e. The summed E-state index contributed by atoms with van der Waals surface area (Å²) in [6, 6.07) is 16.1. The summed E-state index contributed by atoms with van der Waals surface area (Å²) in [7, 11) is 0. The van der Waals surface area contributed by atoms with Gasteiger partial charge in [0.25, 0.3) is 11.8 Å². The molecular weight excluding hydrogens is 550 g/mol. The molecule has 2 N–H and O–H groups in total. The molecule has 2 aliphatic heterocycles. The van der Waals surface area contributed by atoms with Crippen molar-refractivity contribution in [2.24, 2.45) is 5.92 Å². The fourth-order valence-electron chi connectivity index (χ4n) is 6.18. The molecule has 43 heavy (non-hydrogen) atoms. The molecule has 1 saturated carbocycles. The summed E-state index contributed by atoms with van der Waals surface area (Å²) in [6.07, 6.45) is 2.13. The fourth-order valence-corrected chi connectivity index (χ4v) is 6.18. The molecule has 3 aliphatic rings. The number of carbonyl (C=O) groups is 5. The summed E-state index contributed by atoms with van der Waals surface area (Å²) in [5.74, 6) is -2.78. The van der Waals surface area contributed by atoms with Crippen LogP contribution in [0.3, 0.4) is 0 Å². The van der Waals surface area contributed by atoms with Crippen LogP contribution >= 0.6 is 0 Å². The van der Waals surface area contributed by atoms with E-state index in [1.165, 1.54) is 22.4 Å². The number of likely N-dealkylation sites (tertiary alicyclic amines) is 1. The molecule has 11 heteroatoms. The lowest BCUT2D eigenvalue weighted by Crippen LogP contribution is -2.47. The second-order valence-electron chi connectivity index (χ2n) is 11.1. The Morgan fingerprint density at radius 1 is 0.884 bits per heavy atom. The lowest BCUT2D eigenvalue weighted by atomic mass is 10.1. The van der Waals surface area contributed by atoms with Gasteiger partial charge in [-0.1, -0.05) is 18.2 Å². The van der Waals surface area contributed by atoms with Crippen LogP contribution in [0.1, 0.15) is 39.3 Å². The number of para-hydroxylation sites is 1. The van der Waals surface area contributed by atoms with Gasteiger partial charge in [0.1, 0.15) is 5.92 Å². The van der Waals surface area contributed by atoms with Crippen LogP contribution in [0.25, 0.3) is 0 Å². The number of ketones is 2. The Morgan fingerprint density at radius 2 is 1.63 bits per heavy atom. The number of furan rings is 1. The number of piperidine rings is 1. The van der Waals surface area contributed by atoms with Gasteiger partial charge in [-0.15, -0.1) is 0 Å². The summed E-state index contributed by atoms with van der Waals surface area (Å²) >= 11 is 0.